The fourth-order valence-corrected chi connectivity index (χ4v) is 3.01. The second kappa shape index (κ2) is 4.48. The zero-order chi connectivity index (χ0) is 12.5. The first-order valence-corrected chi connectivity index (χ1v) is 6.50. The predicted octanol–water partition coefficient (Wildman–Crippen LogP) is 2.70. The van der Waals surface area contributed by atoms with Crippen molar-refractivity contribution in [2.24, 2.45) is 5.92 Å². The van der Waals surface area contributed by atoms with Crippen molar-refractivity contribution in [3.63, 3.8) is 0 Å². The van der Waals surface area contributed by atoms with E-state index in [1.165, 1.54) is 5.56 Å². The molecule has 0 fully saturated rings. The Kier molecular flexibility index (Phi) is 2.82. The van der Waals surface area contributed by atoms with Gasteiger partial charge in [0.25, 0.3) is 0 Å². The number of carbonyl (C=O) groups excluding carboxylic acids is 1. The molecule has 0 spiro atoms. The second-order valence-electron chi connectivity index (χ2n) is 4.81. The third-order valence-corrected chi connectivity index (χ3v) is 3.81. The zero-order valence-electron chi connectivity index (χ0n) is 10.4. The average Bonchev–Trinajstić information content (AvgIpc) is 2.87. The maximum Gasteiger partial charge on any atom is 0.328 e. The quantitative estimate of drug-likeness (QED) is 0.641. The molecule has 18 heavy (non-hydrogen) atoms. The van der Waals surface area contributed by atoms with Gasteiger partial charge in [-0.2, -0.15) is 0 Å². The fourth-order valence-electron chi connectivity index (χ4n) is 3.01. The van der Waals surface area contributed by atoms with Crippen LogP contribution in [0.3, 0.4) is 0 Å². The molecular formula is C15H17NO2. The van der Waals surface area contributed by atoms with E-state index in [-0.39, 0.29) is 12.0 Å². The summed E-state index contributed by atoms with van der Waals surface area (Å²) in [5, 5.41) is 3.34. The van der Waals surface area contributed by atoms with Crippen LogP contribution in [0.4, 0.5) is 5.69 Å². The van der Waals surface area contributed by atoms with Crippen LogP contribution in [0.5, 0.6) is 0 Å². The van der Waals surface area contributed by atoms with Gasteiger partial charge in [-0.15, -0.1) is 0 Å². The van der Waals surface area contributed by atoms with Crippen LogP contribution in [0.15, 0.2) is 36.4 Å². The van der Waals surface area contributed by atoms with Crippen molar-refractivity contribution in [3.8, 4) is 0 Å². The topological polar surface area (TPSA) is 38.3 Å². The summed E-state index contributed by atoms with van der Waals surface area (Å²) < 4.78 is 5.18. The molecule has 0 amide bonds. The molecule has 3 nitrogen and oxygen atoms in total. The molecule has 0 bridgehead atoms. The molecule has 1 aliphatic carbocycles. The summed E-state index contributed by atoms with van der Waals surface area (Å²) in [4.78, 5) is 12.0. The molecule has 94 valence electrons. The normalized spacial score (nSPS) is 28.2. The van der Waals surface area contributed by atoms with E-state index in [2.05, 4.69) is 29.6 Å². The maximum absolute atomic E-state index is 12.0. The van der Waals surface area contributed by atoms with Crippen LogP contribution in [0.1, 0.15) is 24.8 Å². The number of hydrogen-bond acceptors (Lipinski definition) is 3. The number of rotatable bonds is 2. The first-order chi connectivity index (χ1) is 8.81. The Labute approximate surface area is 107 Å². The van der Waals surface area contributed by atoms with Crippen LogP contribution in [-0.4, -0.2) is 18.6 Å². The number of para-hydroxylation sites is 1. The maximum atomic E-state index is 12.0. The molecule has 1 heterocycles. The smallest absolute Gasteiger partial charge is 0.328 e. The van der Waals surface area contributed by atoms with Gasteiger partial charge < -0.3 is 10.1 Å². The Hall–Kier alpha value is -1.77. The molecule has 0 radical (unpaired) electrons. The Balaban J connectivity index is 1.95. The number of ether oxygens (including phenoxy) is 1. The summed E-state index contributed by atoms with van der Waals surface area (Å²) in [6, 6.07) is 7.99. The van der Waals surface area contributed by atoms with E-state index in [9.17, 15) is 4.79 Å². The summed E-state index contributed by atoms with van der Waals surface area (Å²) in [5.74, 6) is 0.501. The highest BCUT2D eigenvalue weighted by Crippen LogP contribution is 2.44. The largest absolute Gasteiger partial charge is 0.464 e. The third kappa shape index (κ3) is 1.70. The Morgan fingerprint density at radius 1 is 1.44 bits per heavy atom. The zero-order valence-corrected chi connectivity index (χ0v) is 10.4. The molecule has 1 N–H and O–H groups in total. The van der Waals surface area contributed by atoms with Crippen molar-refractivity contribution in [2.75, 3.05) is 11.9 Å². The lowest BCUT2D eigenvalue weighted by molar-refractivity contribution is -0.145. The molecule has 0 saturated carbocycles. The van der Waals surface area contributed by atoms with Gasteiger partial charge in [0.15, 0.2) is 0 Å². The molecule has 3 heteroatoms. The fraction of sp³-hybridized carbons (Fsp3) is 0.400. The van der Waals surface area contributed by atoms with E-state index in [0.717, 1.165) is 12.1 Å². The number of benzene rings is 1. The Morgan fingerprint density at radius 3 is 3.11 bits per heavy atom. The molecule has 0 aromatic heterocycles. The van der Waals surface area contributed by atoms with Gasteiger partial charge in [0, 0.05) is 17.5 Å². The van der Waals surface area contributed by atoms with E-state index in [0.29, 0.717) is 18.4 Å². The van der Waals surface area contributed by atoms with Gasteiger partial charge in [-0.25, -0.2) is 4.79 Å². The standard InChI is InChI=1S/C15H17NO2/c1-2-18-15(17)14-12-8-5-7-10(12)11-6-3-4-9-13(11)16-14/h3-7,9-10,12,14,16H,2,8H2,1H3/t10-,12-,14+/m1/s1. The van der Waals surface area contributed by atoms with Crippen molar-refractivity contribution in [1.29, 1.82) is 0 Å². The van der Waals surface area contributed by atoms with Crippen molar-refractivity contribution >= 4 is 11.7 Å². The van der Waals surface area contributed by atoms with Gasteiger partial charge in [0.05, 0.1) is 6.61 Å². The van der Waals surface area contributed by atoms with Gasteiger partial charge >= 0.3 is 5.97 Å². The number of allylic oxidation sites excluding steroid dienone is 2. The number of nitrogens with one attached hydrogen (secondary N) is 1. The summed E-state index contributed by atoms with van der Waals surface area (Å²) in [5.41, 5.74) is 2.35. The Bertz CT molecular complexity index is 495. The molecular weight excluding hydrogens is 226 g/mol. The van der Waals surface area contributed by atoms with Crippen LogP contribution < -0.4 is 5.32 Å². The molecule has 1 aromatic carbocycles. The molecule has 1 aromatic rings. The highest BCUT2D eigenvalue weighted by Gasteiger charge is 2.41. The first kappa shape index (κ1) is 11.3. The van der Waals surface area contributed by atoms with Crippen LogP contribution in [0, 0.1) is 5.92 Å². The SMILES string of the molecule is CCOC(=O)[C@H]1Nc2ccccc2[C@H]2C=CC[C@@H]12. The van der Waals surface area contributed by atoms with Crippen molar-refractivity contribution in [2.45, 2.75) is 25.3 Å². The minimum atomic E-state index is -0.222. The highest BCUT2D eigenvalue weighted by molar-refractivity contribution is 5.82. The van der Waals surface area contributed by atoms with Crippen LogP contribution >= 0.6 is 0 Å². The molecule has 0 saturated heterocycles. The van der Waals surface area contributed by atoms with Gasteiger partial charge in [-0.1, -0.05) is 30.4 Å². The molecule has 3 atom stereocenters. The minimum Gasteiger partial charge on any atom is -0.464 e. The van der Waals surface area contributed by atoms with Gasteiger partial charge in [-0.05, 0) is 25.0 Å². The monoisotopic (exact) mass is 243 g/mol. The van der Waals surface area contributed by atoms with Crippen molar-refractivity contribution in [3.05, 3.63) is 42.0 Å². The molecule has 1 aliphatic heterocycles. The lowest BCUT2D eigenvalue weighted by Gasteiger charge is -2.35. The number of anilines is 1. The highest BCUT2D eigenvalue weighted by atomic mass is 16.5. The van der Waals surface area contributed by atoms with Crippen LogP contribution in [-0.2, 0) is 9.53 Å². The minimum absolute atomic E-state index is 0.134. The van der Waals surface area contributed by atoms with E-state index in [4.69, 9.17) is 4.74 Å². The number of carbonyl (C=O) groups is 1. The van der Waals surface area contributed by atoms with Crippen LogP contribution in [0.25, 0.3) is 0 Å². The van der Waals surface area contributed by atoms with E-state index in [1.54, 1.807) is 0 Å². The van der Waals surface area contributed by atoms with Gasteiger partial charge in [0.1, 0.15) is 6.04 Å². The Morgan fingerprint density at radius 2 is 2.28 bits per heavy atom. The second-order valence-corrected chi connectivity index (χ2v) is 4.81. The summed E-state index contributed by atoms with van der Waals surface area (Å²) >= 11 is 0. The van der Waals surface area contributed by atoms with Crippen LogP contribution in [0.2, 0.25) is 0 Å². The summed E-state index contributed by atoms with van der Waals surface area (Å²) in [6.45, 7) is 2.28. The average molecular weight is 243 g/mol. The van der Waals surface area contributed by atoms with Gasteiger partial charge in [0.2, 0.25) is 0 Å². The summed E-state index contributed by atoms with van der Waals surface area (Å²) in [6.07, 6.45) is 5.33. The van der Waals surface area contributed by atoms with Gasteiger partial charge in [-0.3, -0.25) is 0 Å². The van der Waals surface area contributed by atoms with E-state index in [1.807, 2.05) is 19.1 Å². The first-order valence-electron chi connectivity index (χ1n) is 6.50. The van der Waals surface area contributed by atoms with Crippen molar-refractivity contribution in [1.82, 2.24) is 0 Å². The molecule has 3 rings (SSSR count). The predicted molar refractivity (Wildman–Crippen MR) is 70.5 cm³/mol. The number of hydrogen-bond donors (Lipinski definition) is 1. The number of fused-ring (bicyclic) bond motifs is 3. The van der Waals surface area contributed by atoms with Crippen molar-refractivity contribution < 1.29 is 9.53 Å². The molecule has 0 unspecified atom stereocenters. The molecule has 2 aliphatic rings. The summed E-state index contributed by atoms with van der Waals surface area (Å²) in [7, 11) is 0. The number of esters is 1. The van der Waals surface area contributed by atoms with E-state index >= 15 is 0 Å². The lowest BCUT2D eigenvalue weighted by atomic mass is 9.79. The van der Waals surface area contributed by atoms with E-state index < -0.39 is 0 Å². The lowest BCUT2D eigenvalue weighted by Crippen LogP contribution is -2.42. The third-order valence-electron chi connectivity index (χ3n) is 3.81.